The Morgan fingerprint density at radius 3 is 2.29 bits per heavy atom. The van der Waals surface area contributed by atoms with E-state index in [0.717, 1.165) is 0 Å². The molecule has 0 aliphatic carbocycles. The number of aliphatic hydroxyl groups is 1. The van der Waals surface area contributed by atoms with Crippen LogP contribution in [0.25, 0.3) is 22.4 Å². The molecule has 164 valence electrons. The average molecular weight is 434 g/mol. The predicted molar refractivity (Wildman–Crippen MR) is 108 cm³/mol. The number of aromatic nitrogens is 3. The van der Waals surface area contributed by atoms with E-state index in [0.29, 0.717) is 11.3 Å². The molecule has 3 N–H and O–H groups in total. The van der Waals surface area contributed by atoms with E-state index >= 15 is 0 Å². The zero-order valence-corrected chi connectivity index (χ0v) is 17.0. The molecule has 31 heavy (non-hydrogen) atoms. The summed E-state index contributed by atoms with van der Waals surface area (Å²) in [6.07, 6.45) is -4.97. The van der Waals surface area contributed by atoms with Crippen molar-refractivity contribution in [3.05, 3.63) is 53.6 Å². The normalized spacial score (nSPS) is 13.3. The summed E-state index contributed by atoms with van der Waals surface area (Å²) in [6, 6.07) is 8.15. The summed E-state index contributed by atoms with van der Waals surface area (Å²) >= 11 is 0. The van der Waals surface area contributed by atoms with Crippen LogP contribution in [0, 0.1) is 12.7 Å². The molecule has 2 heterocycles. The molecule has 3 rings (SSSR count). The fraction of sp³-hybridized carbons (Fsp3) is 0.286. The fourth-order valence-electron chi connectivity index (χ4n) is 3.02. The van der Waals surface area contributed by atoms with E-state index in [4.69, 9.17) is 15.2 Å². The molecular formula is C21H21F3N4O3. The van der Waals surface area contributed by atoms with Gasteiger partial charge in [0.15, 0.2) is 0 Å². The number of benzene rings is 1. The van der Waals surface area contributed by atoms with Gasteiger partial charge in [-0.15, -0.1) is 0 Å². The Balaban J connectivity index is 2.30. The van der Waals surface area contributed by atoms with Gasteiger partial charge in [-0.1, -0.05) is 0 Å². The van der Waals surface area contributed by atoms with Crippen LogP contribution in [0.5, 0.6) is 5.88 Å². The van der Waals surface area contributed by atoms with Crippen molar-refractivity contribution in [2.75, 3.05) is 12.8 Å². The number of nitrogen functional groups attached to an aromatic ring is 1. The highest BCUT2D eigenvalue weighted by Crippen LogP contribution is 2.39. The summed E-state index contributed by atoms with van der Waals surface area (Å²) in [5, 5.41) is 9.91. The van der Waals surface area contributed by atoms with Gasteiger partial charge in [0.05, 0.1) is 11.3 Å². The molecule has 2 atom stereocenters. The first kappa shape index (κ1) is 22.4. The summed E-state index contributed by atoms with van der Waals surface area (Å²) in [5.41, 5.74) is 6.94. The Kier molecular flexibility index (Phi) is 6.71. The second-order valence-electron chi connectivity index (χ2n) is 6.80. The number of hydrogen-bond donors (Lipinski definition) is 2. The van der Waals surface area contributed by atoms with Crippen LogP contribution in [0.1, 0.15) is 24.7 Å². The first-order chi connectivity index (χ1) is 14.7. The van der Waals surface area contributed by atoms with E-state index in [-0.39, 0.29) is 28.6 Å². The maximum absolute atomic E-state index is 13.5. The monoisotopic (exact) mass is 434 g/mol. The number of alkyl halides is 2. The molecule has 0 saturated carbocycles. The second kappa shape index (κ2) is 9.27. The molecule has 0 radical (unpaired) electrons. The Labute approximate surface area is 176 Å². The van der Waals surface area contributed by atoms with Crippen LogP contribution < -0.4 is 10.5 Å². The van der Waals surface area contributed by atoms with Crippen LogP contribution >= 0.6 is 0 Å². The summed E-state index contributed by atoms with van der Waals surface area (Å²) in [6.45, 7) is 3.02. The molecule has 0 bridgehead atoms. The topological polar surface area (TPSA) is 103 Å². The highest BCUT2D eigenvalue weighted by atomic mass is 19.3. The minimum Gasteiger partial charge on any atom is -0.444 e. The molecule has 0 aliphatic rings. The van der Waals surface area contributed by atoms with Gasteiger partial charge in [-0.3, -0.25) is 4.98 Å². The second-order valence-corrected chi connectivity index (χ2v) is 6.80. The SMILES string of the molecule is COC(Oc1nc(N)nc(-c2ccc(F)cc2)c1-c1cc(C)nc(C(F)F)c1)C(C)O. The number of methoxy groups -OCH3 is 1. The number of nitrogens with zero attached hydrogens (tertiary/aromatic N) is 3. The predicted octanol–water partition coefficient (Wildman–Crippen LogP) is 3.91. The van der Waals surface area contributed by atoms with E-state index in [1.54, 1.807) is 13.0 Å². The van der Waals surface area contributed by atoms with Gasteiger partial charge < -0.3 is 20.3 Å². The fourth-order valence-corrected chi connectivity index (χ4v) is 3.02. The van der Waals surface area contributed by atoms with E-state index in [1.165, 1.54) is 44.4 Å². The Bertz CT molecular complexity index is 1060. The number of ether oxygens (including phenoxy) is 2. The van der Waals surface area contributed by atoms with Crippen LogP contribution in [0.15, 0.2) is 36.4 Å². The van der Waals surface area contributed by atoms with Crippen molar-refractivity contribution >= 4 is 5.95 Å². The van der Waals surface area contributed by atoms with E-state index < -0.39 is 30.3 Å². The smallest absolute Gasteiger partial charge is 0.280 e. The minimum absolute atomic E-state index is 0.0922. The lowest BCUT2D eigenvalue weighted by molar-refractivity contribution is -0.122. The molecule has 1 aromatic carbocycles. The summed E-state index contributed by atoms with van der Waals surface area (Å²) in [7, 11) is 1.33. The molecule has 0 fully saturated rings. The van der Waals surface area contributed by atoms with Crippen LogP contribution in [0.2, 0.25) is 0 Å². The van der Waals surface area contributed by atoms with Crippen molar-refractivity contribution in [1.29, 1.82) is 0 Å². The third-order valence-electron chi connectivity index (χ3n) is 4.35. The Morgan fingerprint density at radius 1 is 1.03 bits per heavy atom. The molecule has 10 heteroatoms. The third-order valence-corrected chi connectivity index (χ3v) is 4.35. The first-order valence-electron chi connectivity index (χ1n) is 9.27. The summed E-state index contributed by atoms with van der Waals surface area (Å²) in [4.78, 5) is 12.2. The number of halogens is 3. The van der Waals surface area contributed by atoms with Crippen LogP contribution in [-0.2, 0) is 4.74 Å². The molecule has 0 aliphatic heterocycles. The number of nitrogens with two attached hydrogens (primary N) is 1. The van der Waals surface area contributed by atoms with Gasteiger partial charge in [0, 0.05) is 18.4 Å². The lowest BCUT2D eigenvalue weighted by atomic mass is 9.99. The Hall–Kier alpha value is -3.24. The van der Waals surface area contributed by atoms with Gasteiger partial charge in [0.1, 0.15) is 17.6 Å². The van der Waals surface area contributed by atoms with Crippen molar-refractivity contribution in [2.45, 2.75) is 32.7 Å². The molecule has 0 spiro atoms. The molecule has 0 amide bonds. The van der Waals surface area contributed by atoms with Gasteiger partial charge in [-0.05, 0) is 55.8 Å². The van der Waals surface area contributed by atoms with Gasteiger partial charge in [0.2, 0.25) is 18.1 Å². The average Bonchev–Trinajstić information content (AvgIpc) is 2.71. The number of hydrogen-bond acceptors (Lipinski definition) is 7. The third kappa shape index (κ3) is 5.09. The maximum atomic E-state index is 13.5. The molecule has 0 saturated heterocycles. The lowest BCUT2D eigenvalue weighted by Gasteiger charge is -2.22. The highest BCUT2D eigenvalue weighted by molar-refractivity contribution is 5.85. The van der Waals surface area contributed by atoms with Gasteiger partial charge in [-0.25, -0.2) is 18.2 Å². The lowest BCUT2D eigenvalue weighted by Crippen LogP contribution is -2.31. The van der Waals surface area contributed by atoms with Gasteiger partial charge in [0.25, 0.3) is 6.43 Å². The number of rotatable bonds is 7. The standard InChI is InChI=1S/C21H21F3N4O3/c1-10-8-13(9-15(26-10)18(23)24)16-17(12-4-6-14(22)7-5-12)27-21(25)28-19(16)31-20(30-3)11(2)29/h4-9,11,18,20,29H,1-3H3,(H2,25,27,28). The molecule has 7 nitrogen and oxygen atoms in total. The van der Waals surface area contributed by atoms with E-state index in [1.807, 2.05) is 0 Å². The quantitative estimate of drug-likeness (QED) is 0.544. The Morgan fingerprint density at radius 2 is 1.71 bits per heavy atom. The van der Waals surface area contributed by atoms with Crippen molar-refractivity contribution in [3.63, 3.8) is 0 Å². The number of aryl methyl sites for hydroxylation is 1. The molecule has 2 aromatic heterocycles. The molecular weight excluding hydrogens is 413 g/mol. The van der Waals surface area contributed by atoms with Gasteiger partial charge in [-0.2, -0.15) is 4.98 Å². The van der Waals surface area contributed by atoms with Crippen molar-refractivity contribution in [1.82, 2.24) is 15.0 Å². The zero-order valence-electron chi connectivity index (χ0n) is 17.0. The maximum Gasteiger partial charge on any atom is 0.280 e. The number of pyridine rings is 1. The van der Waals surface area contributed by atoms with E-state index in [9.17, 15) is 18.3 Å². The van der Waals surface area contributed by atoms with Crippen LogP contribution in [0.3, 0.4) is 0 Å². The molecule has 3 aromatic rings. The number of aliphatic hydroxyl groups excluding tert-OH is 1. The minimum atomic E-state index is -2.81. The van der Waals surface area contributed by atoms with Crippen molar-refractivity contribution < 1.29 is 27.8 Å². The van der Waals surface area contributed by atoms with Crippen LogP contribution in [0.4, 0.5) is 19.1 Å². The largest absolute Gasteiger partial charge is 0.444 e. The zero-order chi connectivity index (χ0) is 22.7. The summed E-state index contributed by atoms with van der Waals surface area (Å²) < 4.78 is 51.2. The van der Waals surface area contributed by atoms with Crippen molar-refractivity contribution in [2.24, 2.45) is 0 Å². The van der Waals surface area contributed by atoms with Crippen molar-refractivity contribution in [3.8, 4) is 28.3 Å². The van der Waals surface area contributed by atoms with E-state index in [2.05, 4.69) is 15.0 Å². The van der Waals surface area contributed by atoms with Crippen LogP contribution in [-0.4, -0.2) is 39.6 Å². The highest BCUT2D eigenvalue weighted by Gasteiger charge is 2.25. The first-order valence-corrected chi connectivity index (χ1v) is 9.27. The number of anilines is 1. The summed E-state index contributed by atoms with van der Waals surface area (Å²) in [5.74, 6) is -0.721. The van der Waals surface area contributed by atoms with Gasteiger partial charge >= 0.3 is 0 Å². The molecule has 2 unspecified atom stereocenters.